The number of carbonyl (C=O) groups is 2. The number of likely N-dealkylation sites (tertiary alicyclic amines) is 1. The molecule has 2 aliphatic rings. The molecule has 0 saturated carbocycles. The van der Waals surface area contributed by atoms with Gasteiger partial charge in [0, 0.05) is 38.3 Å². The van der Waals surface area contributed by atoms with Crippen LogP contribution in [0.3, 0.4) is 0 Å². The molecule has 1 N–H and O–H groups in total. The molecule has 1 unspecified atom stereocenters. The van der Waals surface area contributed by atoms with Gasteiger partial charge in [0.05, 0.1) is 26.7 Å². The van der Waals surface area contributed by atoms with Gasteiger partial charge in [-0.1, -0.05) is 12.1 Å². The van der Waals surface area contributed by atoms with E-state index in [0.29, 0.717) is 31.1 Å². The molecule has 0 aromatic heterocycles. The van der Waals surface area contributed by atoms with Crippen molar-refractivity contribution < 1.29 is 19.1 Å². The van der Waals surface area contributed by atoms with E-state index < -0.39 is 6.04 Å². The number of para-hydroxylation sites is 1. The second-order valence-electron chi connectivity index (χ2n) is 6.72. The van der Waals surface area contributed by atoms with Crippen LogP contribution in [0.15, 0.2) is 18.2 Å². The van der Waals surface area contributed by atoms with Crippen molar-refractivity contribution in [3.05, 3.63) is 23.8 Å². The van der Waals surface area contributed by atoms with E-state index in [1.807, 2.05) is 23.1 Å². The lowest BCUT2D eigenvalue weighted by molar-refractivity contribution is -0.138. The number of piperazine rings is 1. The van der Waals surface area contributed by atoms with Gasteiger partial charge in [0.1, 0.15) is 0 Å². The van der Waals surface area contributed by atoms with E-state index in [1.54, 1.807) is 14.2 Å². The van der Waals surface area contributed by atoms with Crippen molar-refractivity contribution in [1.82, 2.24) is 15.1 Å². The summed E-state index contributed by atoms with van der Waals surface area (Å²) in [4.78, 5) is 28.9. The number of nitrogens with zero attached hydrogens (tertiary/aromatic N) is 2. The SMILES string of the molecule is COc1cccc(CN2CCNC(=O)C2CC(=O)N2CCCC2)c1OC. The van der Waals surface area contributed by atoms with Crippen molar-refractivity contribution in [1.29, 1.82) is 0 Å². The molecule has 1 atom stereocenters. The van der Waals surface area contributed by atoms with Crippen molar-refractivity contribution in [2.24, 2.45) is 0 Å². The van der Waals surface area contributed by atoms with Crippen molar-refractivity contribution in [3.8, 4) is 11.5 Å². The van der Waals surface area contributed by atoms with Crippen molar-refractivity contribution in [2.75, 3.05) is 40.4 Å². The highest BCUT2D eigenvalue weighted by Crippen LogP contribution is 2.32. The molecule has 0 aliphatic carbocycles. The molecule has 142 valence electrons. The van der Waals surface area contributed by atoms with E-state index in [-0.39, 0.29) is 18.2 Å². The summed E-state index contributed by atoms with van der Waals surface area (Å²) in [5.74, 6) is 1.32. The van der Waals surface area contributed by atoms with Gasteiger partial charge in [-0.25, -0.2) is 0 Å². The third kappa shape index (κ3) is 3.93. The Labute approximate surface area is 154 Å². The van der Waals surface area contributed by atoms with Crippen molar-refractivity contribution in [2.45, 2.75) is 31.8 Å². The maximum absolute atomic E-state index is 12.6. The molecule has 26 heavy (non-hydrogen) atoms. The fourth-order valence-electron chi connectivity index (χ4n) is 3.73. The van der Waals surface area contributed by atoms with Gasteiger partial charge in [-0.2, -0.15) is 0 Å². The lowest BCUT2D eigenvalue weighted by Crippen LogP contribution is -2.56. The summed E-state index contributed by atoms with van der Waals surface area (Å²) in [6.45, 7) is 3.42. The Morgan fingerprint density at radius 2 is 1.96 bits per heavy atom. The van der Waals surface area contributed by atoms with Gasteiger partial charge < -0.3 is 19.7 Å². The third-order valence-electron chi connectivity index (χ3n) is 5.13. The smallest absolute Gasteiger partial charge is 0.237 e. The van der Waals surface area contributed by atoms with Crippen LogP contribution in [0.25, 0.3) is 0 Å². The quantitative estimate of drug-likeness (QED) is 0.819. The summed E-state index contributed by atoms with van der Waals surface area (Å²) >= 11 is 0. The Bertz CT molecular complexity index is 658. The van der Waals surface area contributed by atoms with Gasteiger partial charge in [0.2, 0.25) is 11.8 Å². The molecule has 2 saturated heterocycles. The first-order valence-corrected chi connectivity index (χ1v) is 9.13. The van der Waals surface area contributed by atoms with Gasteiger partial charge in [0.15, 0.2) is 11.5 Å². The molecule has 1 aromatic rings. The topological polar surface area (TPSA) is 71.1 Å². The summed E-state index contributed by atoms with van der Waals surface area (Å²) < 4.78 is 10.9. The van der Waals surface area contributed by atoms with E-state index in [9.17, 15) is 9.59 Å². The minimum absolute atomic E-state index is 0.0622. The van der Waals surface area contributed by atoms with Crippen molar-refractivity contribution in [3.63, 3.8) is 0 Å². The van der Waals surface area contributed by atoms with E-state index in [1.165, 1.54) is 0 Å². The lowest BCUT2D eigenvalue weighted by atomic mass is 10.1. The number of rotatable bonds is 6. The van der Waals surface area contributed by atoms with Crippen LogP contribution < -0.4 is 14.8 Å². The van der Waals surface area contributed by atoms with Crippen LogP contribution in [0.4, 0.5) is 0 Å². The van der Waals surface area contributed by atoms with Crippen molar-refractivity contribution >= 4 is 11.8 Å². The first kappa shape index (κ1) is 18.5. The normalized spacial score (nSPS) is 20.8. The molecule has 0 bridgehead atoms. The zero-order valence-electron chi connectivity index (χ0n) is 15.5. The molecule has 0 spiro atoms. The Balaban J connectivity index is 1.76. The number of methoxy groups -OCH3 is 2. The van der Waals surface area contributed by atoms with Crippen LogP contribution in [-0.2, 0) is 16.1 Å². The fraction of sp³-hybridized carbons (Fsp3) is 0.579. The highest BCUT2D eigenvalue weighted by atomic mass is 16.5. The average Bonchev–Trinajstić information content (AvgIpc) is 3.19. The predicted octanol–water partition coefficient (Wildman–Crippen LogP) is 1.02. The highest BCUT2D eigenvalue weighted by molar-refractivity contribution is 5.89. The van der Waals surface area contributed by atoms with E-state index >= 15 is 0 Å². The summed E-state index contributed by atoms with van der Waals surface area (Å²) in [5, 5.41) is 2.89. The van der Waals surface area contributed by atoms with Crippen LogP contribution in [0.5, 0.6) is 11.5 Å². The Morgan fingerprint density at radius 3 is 2.65 bits per heavy atom. The maximum atomic E-state index is 12.6. The lowest BCUT2D eigenvalue weighted by Gasteiger charge is -2.35. The van der Waals surface area contributed by atoms with Gasteiger partial charge in [0.25, 0.3) is 0 Å². The molecule has 7 heteroatoms. The van der Waals surface area contributed by atoms with Crippen LogP contribution >= 0.6 is 0 Å². The Kier molecular flexibility index (Phi) is 5.98. The summed E-state index contributed by atoms with van der Waals surface area (Å²) in [5.41, 5.74) is 0.945. The van der Waals surface area contributed by atoms with Crippen LogP contribution in [0, 0.1) is 0 Å². The molecular formula is C19H27N3O4. The molecule has 2 amide bonds. The minimum atomic E-state index is -0.451. The highest BCUT2D eigenvalue weighted by Gasteiger charge is 2.34. The number of hydrogen-bond acceptors (Lipinski definition) is 5. The van der Waals surface area contributed by atoms with E-state index in [2.05, 4.69) is 10.2 Å². The molecule has 1 aromatic carbocycles. The molecule has 7 nitrogen and oxygen atoms in total. The van der Waals surface area contributed by atoms with Gasteiger partial charge in [-0.15, -0.1) is 0 Å². The predicted molar refractivity (Wildman–Crippen MR) is 97.2 cm³/mol. The molecule has 0 radical (unpaired) electrons. The summed E-state index contributed by atoms with van der Waals surface area (Å²) in [7, 11) is 3.21. The second-order valence-corrected chi connectivity index (χ2v) is 6.72. The number of ether oxygens (including phenoxy) is 2. The van der Waals surface area contributed by atoms with E-state index in [0.717, 1.165) is 31.5 Å². The average molecular weight is 361 g/mol. The molecule has 2 aliphatic heterocycles. The van der Waals surface area contributed by atoms with E-state index in [4.69, 9.17) is 9.47 Å². The monoisotopic (exact) mass is 361 g/mol. The molecule has 2 heterocycles. The number of carbonyl (C=O) groups excluding carboxylic acids is 2. The second kappa shape index (κ2) is 8.40. The van der Waals surface area contributed by atoms with Crippen LogP contribution in [0.2, 0.25) is 0 Å². The van der Waals surface area contributed by atoms with Crippen LogP contribution in [-0.4, -0.2) is 68.1 Å². The standard InChI is InChI=1S/C19H27N3O4/c1-25-16-7-5-6-14(18(16)26-2)13-22-11-8-20-19(24)15(22)12-17(23)21-9-3-4-10-21/h5-7,15H,3-4,8-13H2,1-2H3,(H,20,24). The summed E-state index contributed by atoms with van der Waals surface area (Å²) in [6.07, 6.45) is 2.32. The Hall–Kier alpha value is -2.28. The largest absolute Gasteiger partial charge is 0.493 e. The number of nitrogens with one attached hydrogen (secondary N) is 1. The molecule has 2 fully saturated rings. The Morgan fingerprint density at radius 1 is 1.19 bits per heavy atom. The summed E-state index contributed by atoms with van der Waals surface area (Å²) in [6, 6.07) is 5.27. The third-order valence-corrected chi connectivity index (χ3v) is 5.13. The number of benzene rings is 1. The fourth-order valence-corrected chi connectivity index (χ4v) is 3.73. The zero-order chi connectivity index (χ0) is 18.5. The molecule has 3 rings (SSSR count). The first-order chi connectivity index (χ1) is 12.6. The maximum Gasteiger partial charge on any atom is 0.237 e. The number of hydrogen-bond donors (Lipinski definition) is 1. The van der Waals surface area contributed by atoms with Crippen LogP contribution in [0.1, 0.15) is 24.8 Å². The van der Waals surface area contributed by atoms with Gasteiger partial charge >= 0.3 is 0 Å². The minimum Gasteiger partial charge on any atom is -0.493 e. The zero-order valence-corrected chi connectivity index (χ0v) is 15.5. The molecular weight excluding hydrogens is 334 g/mol. The van der Waals surface area contributed by atoms with Gasteiger partial charge in [-0.05, 0) is 18.9 Å². The number of amides is 2. The first-order valence-electron chi connectivity index (χ1n) is 9.13. The van der Waals surface area contributed by atoms with Gasteiger partial charge in [-0.3, -0.25) is 14.5 Å².